The second-order valence-corrected chi connectivity index (χ2v) is 11.1. The third kappa shape index (κ3) is 4.66. The molecule has 0 radical (unpaired) electrons. The molecule has 0 unspecified atom stereocenters. The Kier molecular flexibility index (Phi) is 6.02. The van der Waals surface area contributed by atoms with Gasteiger partial charge in [-0.15, -0.1) is 0 Å². The highest BCUT2D eigenvalue weighted by Crippen LogP contribution is 2.40. The summed E-state index contributed by atoms with van der Waals surface area (Å²) in [6.45, 7) is 0. The Balaban J connectivity index is 1.84. The topological polar surface area (TPSA) is 126 Å². The van der Waals surface area contributed by atoms with E-state index in [2.05, 4.69) is 9.97 Å². The van der Waals surface area contributed by atoms with Gasteiger partial charge in [0.1, 0.15) is 6.29 Å². The fourth-order valence-corrected chi connectivity index (χ4v) is 6.58. The van der Waals surface area contributed by atoms with E-state index in [0.29, 0.717) is 21.0 Å². The Morgan fingerprint density at radius 1 is 1.03 bits per heavy atom. The molecule has 0 spiro atoms. The summed E-state index contributed by atoms with van der Waals surface area (Å²) in [6.07, 6.45) is 5.33. The predicted molar refractivity (Wildman–Crippen MR) is 122 cm³/mol. The highest BCUT2D eigenvalue weighted by molar-refractivity contribution is 7.93. The van der Waals surface area contributed by atoms with Crippen LogP contribution in [0.4, 0.5) is 5.69 Å². The zero-order valence-corrected chi connectivity index (χ0v) is 19.3. The summed E-state index contributed by atoms with van der Waals surface area (Å²) in [5.74, 6) is 0.559. The lowest BCUT2D eigenvalue weighted by Crippen LogP contribution is -2.32. The Labute approximate surface area is 193 Å². The van der Waals surface area contributed by atoms with E-state index >= 15 is 0 Å². The maximum Gasteiger partial charge on any atom is 0.345 e. The molecule has 13 heteroatoms. The Hall–Kier alpha value is -2.46. The number of hydrogen-bond donors (Lipinski definition) is 2. The molecule has 0 aliphatic heterocycles. The van der Waals surface area contributed by atoms with Crippen LogP contribution in [0.25, 0.3) is 16.7 Å². The number of benzene rings is 2. The van der Waals surface area contributed by atoms with Gasteiger partial charge in [-0.2, -0.15) is 0 Å². The van der Waals surface area contributed by atoms with Gasteiger partial charge in [-0.25, -0.2) is 13.4 Å². The molecule has 0 aliphatic carbocycles. The van der Waals surface area contributed by atoms with Crippen molar-refractivity contribution in [3.05, 3.63) is 77.3 Å². The molecular formula is C19H15Cl2N4O5PS. The van der Waals surface area contributed by atoms with Crippen LogP contribution < -0.4 is 4.31 Å². The van der Waals surface area contributed by atoms with Crippen LogP contribution in [-0.2, 0) is 14.6 Å². The zero-order valence-electron chi connectivity index (χ0n) is 16.1. The first kappa shape index (κ1) is 22.7. The third-order valence-corrected chi connectivity index (χ3v) is 7.53. The molecule has 9 nitrogen and oxygen atoms in total. The lowest BCUT2D eigenvalue weighted by Gasteiger charge is -2.25. The minimum absolute atomic E-state index is 0.0637. The highest BCUT2D eigenvalue weighted by Gasteiger charge is 2.32. The van der Waals surface area contributed by atoms with Gasteiger partial charge in [-0.1, -0.05) is 23.2 Å². The molecule has 0 bridgehead atoms. The fraction of sp³-hybridized carbons (Fsp3) is 0.0526. The molecule has 0 atom stereocenters. The number of nitrogens with zero attached hydrogens (tertiary/aromatic N) is 4. The molecule has 2 heterocycles. The fourth-order valence-electron chi connectivity index (χ4n) is 3.17. The van der Waals surface area contributed by atoms with Gasteiger partial charge in [-0.3, -0.25) is 18.4 Å². The number of aromatic nitrogens is 3. The van der Waals surface area contributed by atoms with Gasteiger partial charge in [0, 0.05) is 34.0 Å². The smallest absolute Gasteiger partial charge is 0.323 e. The Morgan fingerprint density at radius 3 is 2.38 bits per heavy atom. The highest BCUT2D eigenvalue weighted by atomic mass is 35.5. The van der Waals surface area contributed by atoms with Crippen molar-refractivity contribution in [1.29, 1.82) is 0 Å². The van der Waals surface area contributed by atoms with Crippen LogP contribution in [0.2, 0.25) is 10.0 Å². The molecule has 166 valence electrons. The molecule has 4 aromatic rings. The molecule has 2 aromatic heterocycles. The van der Waals surface area contributed by atoms with Crippen molar-refractivity contribution in [3.8, 4) is 5.82 Å². The van der Waals surface area contributed by atoms with Crippen LogP contribution in [0.15, 0.2) is 72.1 Å². The molecule has 0 amide bonds. The summed E-state index contributed by atoms with van der Waals surface area (Å²) in [6, 6.07) is 10.0. The number of anilines is 1. The third-order valence-electron chi connectivity index (χ3n) is 4.49. The van der Waals surface area contributed by atoms with Crippen molar-refractivity contribution in [2.75, 3.05) is 10.6 Å². The van der Waals surface area contributed by atoms with Gasteiger partial charge in [0.05, 0.1) is 22.3 Å². The second-order valence-electron chi connectivity index (χ2n) is 6.76. The van der Waals surface area contributed by atoms with Crippen LogP contribution in [0.5, 0.6) is 0 Å². The van der Waals surface area contributed by atoms with Gasteiger partial charge >= 0.3 is 7.60 Å². The number of sulfonamides is 1. The molecule has 32 heavy (non-hydrogen) atoms. The summed E-state index contributed by atoms with van der Waals surface area (Å²) in [4.78, 5) is 27.1. The molecule has 0 fully saturated rings. The first-order chi connectivity index (χ1) is 15.0. The minimum Gasteiger partial charge on any atom is -0.323 e. The summed E-state index contributed by atoms with van der Waals surface area (Å²) in [7, 11) is -9.18. The molecule has 0 aliphatic rings. The first-order valence-corrected chi connectivity index (χ1v) is 12.9. The van der Waals surface area contributed by atoms with Crippen molar-refractivity contribution in [2.45, 2.75) is 4.90 Å². The summed E-state index contributed by atoms with van der Waals surface area (Å²) in [5, 5.41) is 0.774. The SMILES string of the molecule is O=P(O)(O)CN(c1ccc2c(ccn2-c2cnccn2)c1)S(=O)(=O)c1cc(Cl)cc(Cl)c1. The largest absolute Gasteiger partial charge is 0.345 e. The van der Waals surface area contributed by atoms with Crippen LogP contribution >= 0.6 is 30.8 Å². The zero-order chi connectivity index (χ0) is 23.1. The number of halogens is 2. The summed E-state index contributed by atoms with van der Waals surface area (Å²) >= 11 is 11.9. The molecular weight excluding hydrogens is 498 g/mol. The molecule has 0 saturated heterocycles. The Morgan fingerprint density at radius 2 is 1.75 bits per heavy atom. The van der Waals surface area contributed by atoms with Crippen LogP contribution in [-0.4, -0.2) is 39.0 Å². The Bertz CT molecular complexity index is 1440. The monoisotopic (exact) mass is 512 g/mol. The van der Waals surface area contributed by atoms with Gasteiger partial charge in [-0.05, 0) is 42.5 Å². The lowest BCUT2D eigenvalue weighted by molar-refractivity contribution is 0.373. The molecule has 4 rings (SSSR count). The number of hydrogen-bond acceptors (Lipinski definition) is 5. The predicted octanol–water partition coefficient (Wildman–Crippen LogP) is 4.06. The molecule has 2 aromatic carbocycles. The van der Waals surface area contributed by atoms with Crippen molar-refractivity contribution in [2.24, 2.45) is 0 Å². The van der Waals surface area contributed by atoms with E-state index in [1.807, 2.05) is 0 Å². The van der Waals surface area contributed by atoms with Crippen molar-refractivity contribution in [1.82, 2.24) is 14.5 Å². The molecule has 2 N–H and O–H groups in total. The van der Waals surface area contributed by atoms with E-state index in [9.17, 15) is 22.8 Å². The van der Waals surface area contributed by atoms with Crippen LogP contribution in [0.1, 0.15) is 0 Å². The van der Waals surface area contributed by atoms with Gasteiger partial charge < -0.3 is 9.79 Å². The van der Waals surface area contributed by atoms with Crippen molar-refractivity contribution < 1.29 is 22.8 Å². The number of rotatable bonds is 6. The average molecular weight is 513 g/mol. The van der Waals surface area contributed by atoms with E-state index in [0.717, 1.165) is 0 Å². The van der Waals surface area contributed by atoms with E-state index < -0.39 is 23.9 Å². The number of fused-ring (bicyclic) bond motifs is 1. The van der Waals surface area contributed by atoms with Gasteiger partial charge in [0.15, 0.2) is 5.82 Å². The average Bonchev–Trinajstić information content (AvgIpc) is 3.14. The second kappa shape index (κ2) is 8.47. The quantitative estimate of drug-likeness (QED) is 0.373. The normalized spacial score (nSPS) is 12.2. The standard InChI is InChI=1S/C19H15Cl2N4O5PS/c20-14-8-15(21)10-17(9-14)32(29,30)25(12-31(26,27)28)16-1-2-18-13(7-16)3-6-24(18)19-11-22-4-5-23-19/h1-11H,12H2,(H2,26,27,28). The maximum atomic E-state index is 13.3. The summed E-state index contributed by atoms with van der Waals surface area (Å²) < 4.78 is 40.8. The van der Waals surface area contributed by atoms with Crippen molar-refractivity contribution >= 4 is 57.4 Å². The van der Waals surface area contributed by atoms with Gasteiger partial charge in [0.25, 0.3) is 10.0 Å². The van der Waals surface area contributed by atoms with Crippen LogP contribution in [0.3, 0.4) is 0 Å². The van der Waals surface area contributed by atoms with Crippen LogP contribution in [0, 0.1) is 0 Å². The lowest BCUT2D eigenvalue weighted by atomic mass is 10.2. The minimum atomic E-state index is -4.77. The van der Waals surface area contributed by atoms with Crippen molar-refractivity contribution in [3.63, 3.8) is 0 Å². The van der Waals surface area contributed by atoms with Gasteiger partial charge in [0.2, 0.25) is 0 Å². The van der Waals surface area contributed by atoms with E-state index in [1.54, 1.807) is 41.5 Å². The van der Waals surface area contributed by atoms with E-state index in [-0.39, 0.29) is 20.6 Å². The summed E-state index contributed by atoms with van der Waals surface area (Å²) in [5.41, 5.74) is 0.766. The maximum absolute atomic E-state index is 13.3. The van der Waals surface area contributed by atoms with E-state index in [1.165, 1.54) is 30.3 Å². The molecule has 0 saturated carbocycles. The van der Waals surface area contributed by atoms with E-state index in [4.69, 9.17) is 23.2 Å². The first-order valence-electron chi connectivity index (χ1n) is 8.95.